The first kappa shape index (κ1) is 12.5. The van der Waals surface area contributed by atoms with E-state index in [9.17, 15) is 27.6 Å². The fourth-order valence-corrected chi connectivity index (χ4v) is 1.37. The molecule has 0 N–H and O–H groups in total. The Bertz CT molecular complexity index is 339. The fourth-order valence-electron chi connectivity index (χ4n) is 1.37. The number of esters is 1. The molecule has 1 unspecified atom stereocenters. The van der Waals surface area contributed by atoms with Crippen LogP contribution in [0.5, 0.6) is 0 Å². The van der Waals surface area contributed by atoms with Gasteiger partial charge in [-0.2, -0.15) is 13.2 Å². The predicted octanol–water partition coefficient (Wildman–Crippen LogP) is -0.251. The highest BCUT2D eigenvalue weighted by atomic mass is 19.4. The summed E-state index contributed by atoms with van der Waals surface area (Å²) < 4.78 is 40.3. The van der Waals surface area contributed by atoms with Gasteiger partial charge in [-0.3, -0.25) is 14.4 Å². The summed E-state index contributed by atoms with van der Waals surface area (Å²) in [6.07, 6.45) is -5.04. The second-order valence-electron chi connectivity index (χ2n) is 3.23. The molecule has 5 nitrogen and oxygen atoms in total. The van der Waals surface area contributed by atoms with Crippen molar-refractivity contribution in [3.8, 4) is 0 Å². The topological polar surface area (TPSA) is 63.7 Å². The molecule has 0 aromatic heterocycles. The van der Waals surface area contributed by atoms with Gasteiger partial charge in [-0.25, -0.2) is 0 Å². The maximum absolute atomic E-state index is 12.0. The zero-order valence-corrected chi connectivity index (χ0v) is 8.21. The summed E-state index contributed by atoms with van der Waals surface area (Å²) in [5.74, 6) is -5.10. The standard InChI is InChI=1S/C8H8F3NO4/c1-16-6(14)4-2-12(3-5(4)13)7(15)8(9,10)11/h4H,2-3H2,1H3. The van der Waals surface area contributed by atoms with Crippen LogP contribution in [-0.2, 0) is 19.1 Å². The van der Waals surface area contributed by atoms with Crippen LogP contribution in [0.3, 0.4) is 0 Å². The first-order valence-corrected chi connectivity index (χ1v) is 4.24. The molecule has 1 fully saturated rings. The zero-order chi connectivity index (χ0) is 12.5. The van der Waals surface area contributed by atoms with E-state index in [1.807, 2.05) is 0 Å². The summed E-state index contributed by atoms with van der Waals surface area (Å²) in [5.41, 5.74) is 0. The van der Waals surface area contributed by atoms with Gasteiger partial charge in [0.15, 0.2) is 5.78 Å². The minimum absolute atomic E-state index is 0.296. The average molecular weight is 239 g/mol. The normalized spacial score (nSPS) is 21.1. The molecule has 1 aliphatic rings. The van der Waals surface area contributed by atoms with Crippen LogP contribution in [0.4, 0.5) is 13.2 Å². The van der Waals surface area contributed by atoms with Gasteiger partial charge in [-0.15, -0.1) is 0 Å². The molecule has 16 heavy (non-hydrogen) atoms. The number of ketones is 1. The third-order valence-corrected chi connectivity index (χ3v) is 2.15. The Morgan fingerprint density at radius 3 is 2.44 bits per heavy atom. The van der Waals surface area contributed by atoms with Crippen LogP contribution < -0.4 is 0 Å². The van der Waals surface area contributed by atoms with E-state index < -0.39 is 42.8 Å². The first-order chi connectivity index (χ1) is 7.27. The number of rotatable bonds is 1. The molecule has 0 radical (unpaired) electrons. The lowest BCUT2D eigenvalue weighted by molar-refractivity contribution is -0.184. The van der Waals surface area contributed by atoms with E-state index in [1.54, 1.807) is 0 Å². The van der Waals surface area contributed by atoms with E-state index in [0.29, 0.717) is 4.90 Å². The van der Waals surface area contributed by atoms with E-state index in [1.165, 1.54) is 0 Å². The maximum Gasteiger partial charge on any atom is 0.471 e. The Hall–Kier alpha value is -1.60. The number of carbonyl (C=O) groups excluding carboxylic acids is 3. The fraction of sp³-hybridized carbons (Fsp3) is 0.625. The highest BCUT2D eigenvalue weighted by Crippen LogP contribution is 2.23. The predicted molar refractivity (Wildman–Crippen MR) is 43.1 cm³/mol. The van der Waals surface area contributed by atoms with Gasteiger partial charge in [0, 0.05) is 6.54 Å². The van der Waals surface area contributed by atoms with Gasteiger partial charge in [0.2, 0.25) is 0 Å². The van der Waals surface area contributed by atoms with Gasteiger partial charge < -0.3 is 9.64 Å². The quantitative estimate of drug-likeness (QED) is 0.467. The van der Waals surface area contributed by atoms with Crippen molar-refractivity contribution in [1.82, 2.24) is 4.90 Å². The highest BCUT2D eigenvalue weighted by Gasteiger charge is 2.48. The summed E-state index contributed by atoms with van der Waals surface area (Å²) in [5, 5.41) is 0. The van der Waals surface area contributed by atoms with Crippen LogP contribution >= 0.6 is 0 Å². The molecule has 1 saturated heterocycles. The Morgan fingerprint density at radius 1 is 1.44 bits per heavy atom. The van der Waals surface area contributed by atoms with Crippen LogP contribution in [0.2, 0.25) is 0 Å². The number of methoxy groups -OCH3 is 1. The number of carbonyl (C=O) groups is 3. The van der Waals surface area contributed by atoms with Gasteiger partial charge in [-0.1, -0.05) is 0 Å². The number of halogens is 3. The van der Waals surface area contributed by atoms with Crippen molar-refractivity contribution in [2.75, 3.05) is 20.2 Å². The van der Waals surface area contributed by atoms with Crippen molar-refractivity contribution in [2.45, 2.75) is 6.18 Å². The molecule has 90 valence electrons. The van der Waals surface area contributed by atoms with Gasteiger partial charge in [0.05, 0.1) is 13.7 Å². The summed E-state index contributed by atoms with van der Waals surface area (Å²) in [6.45, 7) is -1.29. The molecule has 0 aromatic carbocycles. The molecule has 1 heterocycles. The largest absolute Gasteiger partial charge is 0.471 e. The Kier molecular flexibility index (Phi) is 3.20. The molecule has 0 aromatic rings. The van der Waals surface area contributed by atoms with Gasteiger partial charge >= 0.3 is 18.1 Å². The third-order valence-electron chi connectivity index (χ3n) is 2.15. The molecule has 1 atom stereocenters. The van der Waals surface area contributed by atoms with Crippen LogP contribution in [0.1, 0.15) is 0 Å². The van der Waals surface area contributed by atoms with Crippen molar-refractivity contribution < 1.29 is 32.3 Å². The maximum atomic E-state index is 12.0. The summed E-state index contributed by atoms with van der Waals surface area (Å²) in [7, 11) is 1.02. The summed E-state index contributed by atoms with van der Waals surface area (Å²) >= 11 is 0. The molecule has 0 aliphatic carbocycles. The lowest BCUT2D eigenvalue weighted by atomic mass is 10.1. The van der Waals surface area contributed by atoms with Crippen molar-refractivity contribution in [1.29, 1.82) is 0 Å². The second kappa shape index (κ2) is 4.11. The number of ether oxygens (including phenoxy) is 1. The number of amides is 1. The zero-order valence-electron chi connectivity index (χ0n) is 8.21. The smallest absolute Gasteiger partial charge is 0.468 e. The molecule has 8 heteroatoms. The minimum Gasteiger partial charge on any atom is -0.468 e. The third kappa shape index (κ3) is 2.31. The molecular weight excluding hydrogens is 231 g/mol. The summed E-state index contributed by atoms with van der Waals surface area (Å²) in [6, 6.07) is 0. The number of Topliss-reactive ketones (excluding diaryl/α,β-unsaturated/α-hetero) is 1. The average Bonchev–Trinajstić information content (AvgIpc) is 2.56. The van der Waals surface area contributed by atoms with Crippen LogP contribution in [-0.4, -0.2) is 48.9 Å². The van der Waals surface area contributed by atoms with Crippen molar-refractivity contribution in [2.24, 2.45) is 5.92 Å². The molecule has 1 amide bonds. The van der Waals surface area contributed by atoms with Crippen molar-refractivity contribution >= 4 is 17.7 Å². The minimum atomic E-state index is -5.04. The van der Waals surface area contributed by atoms with E-state index in [4.69, 9.17) is 0 Å². The molecule has 1 aliphatic heterocycles. The SMILES string of the molecule is COC(=O)C1CN(C(=O)C(F)(F)F)CC1=O. The van der Waals surface area contributed by atoms with Crippen LogP contribution in [0, 0.1) is 5.92 Å². The van der Waals surface area contributed by atoms with Crippen molar-refractivity contribution in [3.05, 3.63) is 0 Å². The van der Waals surface area contributed by atoms with E-state index >= 15 is 0 Å². The first-order valence-electron chi connectivity index (χ1n) is 4.24. The van der Waals surface area contributed by atoms with Gasteiger partial charge in [-0.05, 0) is 0 Å². The number of hydrogen-bond acceptors (Lipinski definition) is 4. The molecule has 1 rings (SSSR count). The molecular formula is C8H8F3NO4. The number of alkyl halides is 3. The number of likely N-dealkylation sites (tertiary alicyclic amines) is 1. The van der Waals surface area contributed by atoms with Crippen molar-refractivity contribution in [3.63, 3.8) is 0 Å². The molecule has 0 saturated carbocycles. The Morgan fingerprint density at radius 2 is 2.00 bits per heavy atom. The lowest BCUT2D eigenvalue weighted by Gasteiger charge is -2.16. The van der Waals surface area contributed by atoms with Gasteiger partial charge in [0.1, 0.15) is 5.92 Å². The van der Waals surface area contributed by atoms with E-state index in [0.717, 1.165) is 7.11 Å². The van der Waals surface area contributed by atoms with E-state index in [2.05, 4.69) is 4.74 Å². The second-order valence-corrected chi connectivity index (χ2v) is 3.23. The summed E-state index contributed by atoms with van der Waals surface area (Å²) in [4.78, 5) is 33.2. The lowest BCUT2D eigenvalue weighted by Crippen LogP contribution is -2.40. The van der Waals surface area contributed by atoms with Crippen LogP contribution in [0.15, 0.2) is 0 Å². The Balaban J connectivity index is 2.74. The van der Waals surface area contributed by atoms with E-state index in [-0.39, 0.29) is 0 Å². The highest BCUT2D eigenvalue weighted by molar-refractivity contribution is 6.04. The molecule has 0 bridgehead atoms. The number of hydrogen-bond donors (Lipinski definition) is 0. The Labute approximate surface area is 88.1 Å². The van der Waals surface area contributed by atoms with Crippen LogP contribution in [0.25, 0.3) is 0 Å². The molecule has 0 spiro atoms. The number of nitrogens with zero attached hydrogens (tertiary/aromatic N) is 1. The monoisotopic (exact) mass is 239 g/mol. The van der Waals surface area contributed by atoms with Gasteiger partial charge in [0.25, 0.3) is 0 Å².